The number of para-hydroxylation sites is 1. The highest BCUT2D eigenvalue weighted by Crippen LogP contribution is 2.12. The third-order valence-electron chi connectivity index (χ3n) is 3.71. The molecule has 0 atom stereocenters. The van der Waals surface area contributed by atoms with Crippen LogP contribution in [0.5, 0.6) is 0 Å². The molecule has 0 fully saturated rings. The lowest BCUT2D eigenvalue weighted by Crippen LogP contribution is -2.24. The van der Waals surface area contributed by atoms with E-state index in [0.717, 1.165) is 16.6 Å². The molecule has 7 nitrogen and oxygen atoms in total. The number of benzene rings is 2. The van der Waals surface area contributed by atoms with Crippen molar-refractivity contribution in [3.63, 3.8) is 0 Å². The maximum absolute atomic E-state index is 11.9. The number of imidazole rings is 1. The lowest BCUT2D eigenvalue weighted by Gasteiger charge is -2.03. The fraction of sp³-hybridized carbons (Fsp3) is 0.118. The van der Waals surface area contributed by atoms with Gasteiger partial charge in [0.25, 0.3) is 0 Å². The highest BCUT2D eigenvalue weighted by molar-refractivity contribution is 5.91. The van der Waals surface area contributed by atoms with Crippen molar-refractivity contribution in [1.29, 1.82) is 0 Å². The molecule has 3 aromatic rings. The predicted molar refractivity (Wildman–Crippen MR) is 94.4 cm³/mol. The summed E-state index contributed by atoms with van der Waals surface area (Å²) in [4.78, 5) is 23.6. The summed E-state index contributed by atoms with van der Waals surface area (Å²) in [5, 5.41) is 6.59. The third-order valence-corrected chi connectivity index (χ3v) is 3.71. The van der Waals surface area contributed by atoms with E-state index in [-0.39, 0.29) is 5.69 Å². The zero-order valence-corrected chi connectivity index (χ0v) is 13.4. The lowest BCUT2D eigenvalue weighted by molar-refractivity contribution is 0.252. The summed E-state index contributed by atoms with van der Waals surface area (Å²) in [5.41, 5.74) is 5.44. The molecule has 1 heterocycles. The minimum absolute atomic E-state index is 0.0838. The van der Waals surface area contributed by atoms with Gasteiger partial charge < -0.3 is 5.32 Å². The van der Waals surface area contributed by atoms with E-state index >= 15 is 0 Å². The second-order valence-electron chi connectivity index (χ2n) is 5.34. The normalized spacial score (nSPS) is 11.1. The first-order valence-electron chi connectivity index (χ1n) is 7.37. The Morgan fingerprint density at radius 2 is 1.75 bits per heavy atom. The molecule has 0 saturated carbocycles. The van der Waals surface area contributed by atoms with Crippen molar-refractivity contribution in [1.82, 2.24) is 14.6 Å². The smallest absolute Gasteiger partial charge is 0.307 e. The van der Waals surface area contributed by atoms with Crippen molar-refractivity contribution in [3.8, 4) is 0 Å². The summed E-state index contributed by atoms with van der Waals surface area (Å²) in [5.74, 6) is 0. The Morgan fingerprint density at radius 3 is 2.50 bits per heavy atom. The molecule has 0 aliphatic carbocycles. The Kier molecular flexibility index (Phi) is 4.15. The van der Waals surface area contributed by atoms with E-state index in [2.05, 4.69) is 15.8 Å². The van der Waals surface area contributed by atoms with E-state index in [9.17, 15) is 9.59 Å². The fourth-order valence-corrected chi connectivity index (χ4v) is 2.45. The molecular formula is C17H17N5O2. The van der Waals surface area contributed by atoms with E-state index < -0.39 is 6.03 Å². The van der Waals surface area contributed by atoms with Crippen molar-refractivity contribution < 1.29 is 4.79 Å². The molecule has 7 heteroatoms. The Hall–Kier alpha value is -3.35. The Bertz CT molecular complexity index is 970. The van der Waals surface area contributed by atoms with Gasteiger partial charge in [0, 0.05) is 19.8 Å². The van der Waals surface area contributed by atoms with Crippen LogP contribution < -0.4 is 16.4 Å². The topological polar surface area (TPSA) is 80.4 Å². The van der Waals surface area contributed by atoms with Gasteiger partial charge in [-0.3, -0.25) is 9.13 Å². The number of nitrogens with one attached hydrogen (secondary N) is 2. The highest BCUT2D eigenvalue weighted by Gasteiger charge is 2.07. The summed E-state index contributed by atoms with van der Waals surface area (Å²) in [6.07, 6.45) is 1.53. The monoisotopic (exact) mass is 323 g/mol. The second-order valence-corrected chi connectivity index (χ2v) is 5.34. The quantitative estimate of drug-likeness (QED) is 0.571. The number of hydrogen-bond acceptors (Lipinski definition) is 3. The molecule has 1 aromatic heterocycles. The van der Waals surface area contributed by atoms with E-state index in [1.165, 1.54) is 6.21 Å². The number of carbonyl (C=O) groups is 1. The summed E-state index contributed by atoms with van der Waals surface area (Å²) in [7, 11) is 3.45. The number of hydrogen-bond donors (Lipinski definition) is 2. The van der Waals surface area contributed by atoms with Crippen LogP contribution in [0.4, 0.5) is 10.5 Å². The predicted octanol–water partition coefficient (Wildman–Crippen LogP) is 2.03. The molecule has 0 aliphatic rings. The average Bonchev–Trinajstić information content (AvgIpc) is 2.80. The van der Waals surface area contributed by atoms with Gasteiger partial charge >= 0.3 is 11.7 Å². The first-order chi connectivity index (χ1) is 11.6. The van der Waals surface area contributed by atoms with Gasteiger partial charge in [0.15, 0.2) is 0 Å². The maximum atomic E-state index is 11.9. The second kappa shape index (κ2) is 6.41. The van der Waals surface area contributed by atoms with Gasteiger partial charge in [0.1, 0.15) is 0 Å². The van der Waals surface area contributed by atoms with E-state index in [1.807, 2.05) is 36.4 Å². The Labute approximate surface area is 138 Å². The van der Waals surface area contributed by atoms with Crippen molar-refractivity contribution in [3.05, 3.63) is 64.6 Å². The Morgan fingerprint density at radius 1 is 1.04 bits per heavy atom. The number of aromatic nitrogens is 2. The van der Waals surface area contributed by atoms with Crippen molar-refractivity contribution in [2.45, 2.75) is 0 Å². The molecule has 0 unspecified atom stereocenters. The Balaban J connectivity index is 1.70. The molecule has 0 aliphatic heterocycles. The number of amides is 2. The van der Waals surface area contributed by atoms with Crippen molar-refractivity contribution in [2.24, 2.45) is 19.2 Å². The van der Waals surface area contributed by atoms with Gasteiger partial charge in [0.2, 0.25) is 0 Å². The van der Waals surface area contributed by atoms with Gasteiger partial charge in [-0.15, -0.1) is 0 Å². The molecule has 2 aromatic carbocycles. The van der Waals surface area contributed by atoms with Crippen LogP contribution in [0.15, 0.2) is 58.4 Å². The molecule has 24 heavy (non-hydrogen) atoms. The minimum atomic E-state index is -0.425. The number of carbonyl (C=O) groups excluding carboxylic acids is 1. The summed E-state index contributed by atoms with van der Waals surface area (Å²) >= 11 is 0. The molecule has 0 spiro atoms. The molecular weight excluding hydrogens is 306 g/mol. The van der Waals surface area contributed by atoms with Crippen LogP contribution in [0.2, 0.25) is 0 Å². The number of nitrogens with zero attached hydrogens (tertiary/aromatic N) is 3. The number of rotatable bonds is 3. The molecule has 3 rings (SSSR count). The van der Waals surface area contributed by atoms with E-state index in [4.69, 9.17) is 0 Å². The average molecular weight is 323 g/mol. The zero-order chi connectivity index (χ0) is 17.1. The highest BCUT2D eigenvalue weighted by atomic mass is 16.2. The van der Waals surface area contributed by atoms with Crippen LogP contribution in [-0.2, 0) is 14.1 Å². The molecule has 122 valence electrons. The van der Waals surface area contributed by atoms with Gasteiger partial charge in [-0.1, -0.05) is 24.3 Å². The number of urea groups is 1. The number of fused-ring (bicyclic) bond motifs is 1. The number of hydrazone groups is 1. The molecule has 2 N–H and O–H groups in total. The largest absolute Gasteiger partial charge is 0.339 e. The van der Waals surface area contributed by atoms with Gasteiger partial charge in [-0.05, 0) is 29.8 Å². The third kappa shape index (κ3) is 3.05. The van der Waals surface area contributed by atoms with E-state index in [1.54, 1.807) is 35.4 Å². The molecule has 2 amide bonds. The molecule has 0 radical (unpaired) electrons. The number of anilines is 1. The summed E-state index contributed by atoms with van der Waals surface area (Å²) in [6.45, 7) is 0. The van der Waals surface area contributed by atoms with Gasteiger partial charge in [0.05, 0.1) is 17.2 Å². The number of aryl methyl sites for hydroxylation is 2. The standard InChI is InChI=1S/C17H17N5O2/c1-21-14-9-8-12(10-15(14)22(2)17(21)24)11-18-20-16(23)19-13-6-4-3-5-7-13/h3-11H,1-2H3,(H2,19,20,23). The fourth-order valence-electron chi connectivity index (χ4n) is 2.45. The SMILES string of the molecule is Cn1c(=O)n(C)c2cc(C=NNC(=O)Nc3ccccc3)ccc21. The van der Waals surface area contributed by atoms with Crippen LogP contribution in [0.1, 0.15) is 5.56 Å². The van der Waals surface area contributed by atoms with E-state index in [0.29, 0.717) is 5.69 Å². The minimum Gasteiger partial charge on any atom is -0.307 e. The maximum Gasteiger partial charge on any atom is 0.339 e. The van der Waals surface area contributed by atoms with Crippen LogP contribution in [0, 0.1) is 0 Å². The zero-order valence-electron chi connectivity index (χ0n) is 13.4. The van der Waals surface area contributed by atoms with Gasteiger partial charge in [-0.2, -0.15) is 5.10 Å². The van der Waals surface area contributed by atoms with Crippen LogP contribution in [0.25, 0.3) is 11.0 Å². The molecule has 0 saturated heterocycles. The van der Waals surface area contributed by atoms with Crippen LogP contribution in [0.3, 0.4) is 0 Å². The lowest BCUT2D eigenvalue weighted by atomic mass is 10.2. The van der Waals surface area contributed by atoms with Crippen LogP contribution >= 0.6 is 0 Å². The summed E-state index contributed by atoms with van der Waals surface area (Å²) in [6, 6.07) is 14.2. The van der Waals surface area contributed by atoms with Crippen molar-refractivity contribution in [2.75, 3.05) is 5.32 Å². The first kappa shape index (κ1) is 15.5. The first-order valence-corrected chi connectivity index (χ1v) is 7.37. The van der Waals surface area contributed by atoms with Gasteiger partial charge in [-0.25, -0.2) is 15.0 Å². The van der Waals surface area contributed by atoms with Crippen LogP contribution in [-0.4, -0.2) is 21.4 Å². The molecule has 0 bridgehead atoms. The summed E-state index contributed by atoms with van der Waals surface area (Å²) < 4.78 is 3.16. The van der Waals surface area contributed by atoms with Crippen molar-refractivity contribution >= 4 is 29.0 Å².